The number of hydrogen-bond acceptors (Lipinski definition) is 7. The number of nitrogens with zero attached hydrogens (tertiary/aromatic N) is 4. The molecule has 178 valence electrons. The maximum atomic E-state index is 12.7. The molecule has 2 aromatic heterocycles. The number of aryl methyl sites for hydroxylation is 1. The first kappa shape index (κ1) is 23.1. The lowest BCUT2D eigenvalue weighted by atomic mass is 10.1. The Labute approximate surface area is 188 Å². The van der Waals surface area contributed by atoms with Crippen molar-refractivity contribution in [3.8, 4) is 11.6 Å². The van der Waals surface area contributed by atoms with Crippen LogP contribution in [0.15, 0.2) is 24.4 Å². The predicted molar refractivity (Wildman–Crippen MR) is 112 cm³/mol. The van der Waals surface area contributed by atoms with Crippen LogP contribution in [0.1, 0.15) is 34.5 Å². The van der Waals surface area contributed by atoms with Gasteiger partial charge in [-0.1, -0.05) is 0 Å². The highest BCUT2D eigenvalue weighted by Crippen LogP contribution is 2.31. The van der Waals surface area contributed by atoms with E-state index in [-0.39, 0.29) is 18.2 Å². The fourth-order valence-electron chi connectivity index (χ4n) is 4.08. The minimum atomic E-state index is -4.78. The van der Waals surface area contributed by atoms with Gasteiger partial charge in [-0.3, -0.25) is 4.79 Å². The molecule has 1 fully saturated rings. The smallest absolute Gasteiger partial charge is 0.416 e. The van der Waals surface area contributed by atoms with E-state index >= 15 is 0 Å². The maximum absolute atomic E-state index is 12.7. The van der Waals surface area contributed by atoms with E-state index in [2.05, 4.69) is 14.9 Å². The zero-order valence-corrected chi connectivity index (χ0v) is 18.3. The Kier molecular flexibility index (Phi) is 6.33. The van der Waals surface area contributed by atoms with Crippen LogP contribution in [-0.2, 0) is 6.54 Å². The van der Waals surface area contributed by atoms with E-state index < -0.39 is 24.7 Å². The van der Waals surface area contributed by atoms with Crippen molar-refractivity contribution in [1.82, 2.24) is 14.9 Å². The number of aliphatic hydroxyl groups excluding tert-OH is 1. The van der Waals surface area contributed by atoms with Crippen molar-refractivity contribution in [2.45, 2.75) is 44.7 Å². The summed E-state index contributed by atoms with van der Waals surface area (Å²) in [5.41, 5.74) is 1.49. The van der Waals surface area contributed by atoms with Gasteiger partial charge in [0.1, 0.15) is 17.7 Å². The number of carbonyl (C=O) groups excluding carboxylic acids is 1. The third kappa shape index (κ3) is 4.97. The molecule has 0 unspecified atom stereocenters. The Morgan fingerprint density at radius 1 is 1.27 bits per heavy atom. The lowest BCUT2D eigenvalue weighted by Gasteiger charge is -2.33. The summed E-state index contributed by atoms with van der Waals surface area (Å²) in [6, 6.07) is 5.22. The Balaban J connectivity index is 1.39. The first-order chi connectivity index (χ1) is 15.7. The van der Waals surface area contributed by atoms with Crippen molar-refractivity contribution in [3.63, 3.8) is 0 Å². The number of pyridine rings is 2. The normalized spacial score (nSPS) is 17.8. The molecule has 0 aliphatic carbocycles. The molecule has 4 heterocycles. The number of aliphatic hydroxyl groups is 1. The molecular formula is C22H25F3N4O4. The van der Waals surface area contributed by atoms with Gasteiger partial charge in [-0.2, -0.15) is 13.2 Å². The van der Waals surface area contributed by atoms with Gasteiger partial charge in [-0.25, -0.2) is 9.97 Å². The van der Waals surface area contributed by atoms with Crippen LogP contribution in [0.25, 0.3) is 0 Å². The molecule has 0 bridgehead atoms. The van der Waals surface area contributed by atoms with E-state index in [4.69, 9.17) is 9.47 Å². The van der Waals surface area contributed by atoms with Gasteiger partial charge in [0.2, 0.25) is 5.88 Å². The van der Waals surface area contributed by atoms with Gasteiger partial charge in [0.25, 0.3) is 5.91 Å². The van der Waals surface area contributed by atoms with E-state index in [1.807, 2.05) is 13.0 Å². The van der Waals surface area contributed by atoms with Crippen LogP contribution >= 0.6 is 0 Å². The quantitative estimate of drug-likeness (QED) is 0.701. The topological polar surface area (TPSA) is 88.0 Å². The lowest BCUT2D eigenvalue weighted by Crippen LogP contribution is -2.41. The van der Waals surface area contributed by atoms with Crippen LogP contribution in [0, 0.1) is 6.92 Å². The number of ether oxygens (including phenoxy) is 2. The van der Waals surface area contributed by atoms with Crippen LogP contribution in [0.2, 0.25) is 0 Å². The molecule has 11 heteroatoms. The summed E-state index contributed by atoms with van der Waals surface area (Å²) in [6.45, 7) is 2.33. The first-order valence-corrected chi connectivity index (χ1v) is 10.6. The highest BCUT2D eigenvalue weighted by atomic mass is 19.4. The number of alkyl halides is 3. The van der Waals surface area contributed by atoms with E-state index in [0.29, 0.717) is 36.2 Å². The number of hydrogen-bond donors (Lipinski definition) is 1. The second kappa shape index (κ2) is 9.05. The molecule has 1 atom stereocenters. The average Bonchev–Trinajstić information content (AvgIpc) is 3.08. The Bertz CT molecular complexity index is 1010. The number of aromatic nitrogens is 2. The molecule has 2 aromatic rings. The lowest BCUT2D eigenvalue weighted by molar-refractivity contribution is -0.206. The summed E-state index contributed by atoms with van der Waals surface area (Å²) in [7, 11) is 1.55. The van der Waals surface area contributed by atoms with E-state index in [0.717, 1.165) is 23.3 Å². The fraction of sp³-hybridized carbons (Fsp3) is 0.500. The van der Waals surface area contributed by atoms with Crippen molar-refractivity contribution in [1.29, 1.82) is 0 Å². The highest BCUT2D eigenvalue weighted by molar-refractivity contribution is 5.98. The number of methoxy groups -OCH3 is 1. The maximum Gasteiger partial charge on any atom is 0.416 e. The zero-order chi connectivity index (χ0) is 23.8. The van der Waals surface area contributed by atoms with Gasteiger partial charge in [-0.05, 0) is 24.6 Å². The molecule has 1 saturated heterocycles. The van der Waals surface area contributed by atoms with Gasteiger partial charge < -0.3 is 24.4 Å². The first-order valence-electron chi connectivity index (χ1n) is 10.6. The summed E-state index contributed by atoms with van der Waals surface area (Å²) >= 11 is 0. The molecule has 2 aliphatic rings. The Hall–Kier alpha value is -3.08. The van der Waals surface area contributed by atoms with Gasteiger partial charge in [-0.15, -0.1) is 0 Å². The Morgan fingerprint density at radius 3 is 2.61 bits per heavy atom. The molecule has 0 saturated carbocycles. The van der Waals surface area contributed by atoms with E-state index in [1.165, 1.54) is 0 Å². The van der Waals surface area contributed by atoms with Crippen LogP contribution < -0.4 is 14.4 Å². The number of piperidine rings is 1. The summed E-state index contributed by atoms with van der Waals surface area (Å²) in [5, 5.41) is 9.34. The summed E-state index contributed by atoms with van der Waals surface area (Å²) in [4.78, 5) is 24.4. The molecule has 8 nitrogen and oxygen atoms in total. The average molecular weight is 466 g/mol. The minimum absolute atomic E-state index is 0.0205. The van der Waals surface area contributed by atoms with Gasteiger partial charge in [0, 0.05) is 32.0 Å². The van der Waals surface area contributed by atoms with E-state index in [9.17, 15) is 23.1 Å². The standard InChI is InChI=1S/C22H25F3N4O4/c1-13-9-16-17(11-29(21(16)31)12-18(30)22(23,24)25)27-20(13)28-7-5-14(6-8-28)33-15-3-4-19(32-2)26-10-15/h3-4,9-10,14,18,30H,5-8,11-12H2,1-2H3/t18-/m0/s1. The number of carbonyl (C=O) groups is 1. The summed E-state index contributed by atoms with van der Waals surface area (Å²) in [5.74, 6) is 1.35. The number of amides is 1. The number of β-amino-alcohol motifs (C(OH)–C–C–N with tert-alkyl or cyclic N) is 1. The largest absolute Gasteiger partial charge is 0.489 e. The molecule has 33 heavy (non-hydrogen) atoms. The van der Waals surface area contributed by atoms with Crippen LogP contribution in [-0.4, -0.2) is 71.0 Å². The second-order valence-electron chi connectivity index (χ2n) is 8.21. The van der Waals surface area contributed by atoms with E-state index in [1.54, 1.807) is 25.4 Å². The van der Waals surface area contributed by atoms with Gasteiger partial charge in [0.15, 0.2) is 6.10 Å². The molecule has 1 amide bonds. The molecule has 1 N–H and O–H groups in total. The molecule has 0 aromatic carbocycles. The van der Waals surface area contributed by atoms with Crippen LogP contribution in [0.3, 0.4) is 0 Å². The number of halogens is 3. The molecule has 0 spiro atoms. The van der Waals surface area contributed by atoms with Crippen LogP contribution in [0.4, 0.5) is 19.0 Å². The van der Waals surface area contributed by atoms with Crippen LogP contribution in [0.5, 0.6) is 11.6 Å². The van der Waals surface area contributed by atoms with Gasteiger partial charge >= 0.3 is 6.18 Å². The number of anilines is 1. The highest BCUT2D eigenvalue weighted by Gasteiger charge is 2.42. The summed E-state index contributed by atoms with van der Waals surface area (Å²) < 4.78 is 49.2. The van der Waals surface area contributed by atoms with Crippen molar-refractivity contribution in [3.05, 3.63) is 41.2 Å². The Morgan fingerprint density at radius 2 is 2.00 bits per heavy atom. The molecule has 2 aliphatic heterocycles. The molecule has 4 rings (SSSR count). The zero-order valence-electron chi connectivity index (χ0n) is 18.3. The molecular weight excluding hydrogens is 441 g/mol. The number of fused-ring (bicyclic) bond motifs is 1. The SMILES string of the molecule is COc1ccc(OC2CCN(c3nc4c(cc3C)C(=O)N(C[C@H](O)C(F)(F)F)C4)CC2)cn1. The van der Waals surface area contributed by atoms with Crippen molar-refractivity contribution < 1.29 is 32.5 Å². The summed E-state index contributed by atoms with van der Waals surface area (Å²) in [6.07, 6.45) is -4.21. The third-order valence-corrected chi connectivity index (χ3v) is 5.86. The minimum Gasteiger partial charge on any atom is -0.489 e. The van der Waals surface area contributed by atoms with Gasteiger partial charge in [0.05, 0.1) is 37.7 Å². The monoisotopic (exact) mass is 466 g/mol. The second-order valence-corrected chi connectivity index (χ2v) is 8.21. The fourth-order valence-corrected chi connectivity index (χ4v) is 4.08. The van der Waals surface area contributed by atoms with Crippen molar-refractivity contribution in [2.24, 2.45) is 0 Å². The third-order valence-electron chi connectivity index (χ3n) is 5.86. The number of rotatable bonds is 6. The van der Waals surface area contributed by atoms with Crippen molar-refractivity contribution >= 4 is 11.7 Å². The predicted octanol–water partition coefficient (Wildman–Crippen LogP) is 2.72. The molecule has 0 radical (unpaired) electrons. The van der Waals surface area contributed by atoms with Crippen molar-refractivity contribution in [2.75, 3.05) is 31.6 Å².